The lowest BCUT2D eigenvalue weighted by Gasteiger charge is -2.31. The highest BCUT2D eigenvalue weighted by atomic mass is 16.4. The number of nitrogens with zero attached hydrogens (tertiary/aromatic N) is 1. The quantitative estimate of drug-likeness (QED) is 0.853. The number of para-hydroxylation sites is 1. The lowest BCUT2D eigenvalue weighted by atomic mass is 10.1. The molecule has 0 amide bonds. The Morgan fingerprint density at radius 1 is 1.35 bits per heavy atom. The Balaban J connectivity index is 3.18. The molecule has 1 rings (SSSR count). The Kier molecular flexibility index (Phi) is 4.55. The Bertz CT molecular complexity index is 381. The summed E-state index contributed by atoms with van der Waals surface area (Å²) in [5.41, 5.74) is 3.32. The molecule has 0 heterocycles. The third kappa shape index (κ3) is 2.99. The van der Waals surface area contributed by atoms with E-state index in [0.29, 0.717) is 0 Å². The number of benzene rings is 1. The number of carboxylic acid groups (broad SMARTS) is 1. The summed E-state index contributed by atoms with van der Waals surface area (Å²) in [5.74, 6) is -0.777. The second-order valence-electron chi connectivity index (χ2n) is 4.45. The molecular weight excluding hydrogens is 214 g/mol. The fourth-order valence-corrected chi connectivity index (χ4v) is 2.13. The minimum atomic E-state index is -0.777. The maximum atomic E-state index is 11.2. The van der Waals surface area contributed by atoms with E-state index in [1.807, 2.05) is 36.9 Å². The van der Waals surface area contributed by atoms with Crippen molar-refractivity contribution < 1.29 is 9.90 Å². The Morgan fingerprint density at radius 3 is 2.29 bits per heavy atom. The van der Waals surface area contributed by atoms with Crippen LogP contribution >= 0.6 is 0 Å². The number of rotatable bonds is 5. The largest absolute Gasteiger partial charge is 0.480 e. The molecule has 0 bridgehead atoms. The number of hydrogen-bond acceptors (Lipinski definition) is 2. The van der Waals surface area contributed by atoms with Crippen molar-refractivity contribution in [3.63, 3.8) is 0 Å². The highest BCUT2D eigenvalue weighted by Gasteiger charge is 2.22. The summed E-state index contributed by atoms with van der Waals surface area (Å²) >= 11 is 0. The van der Waals surface area contributed by atoms with E-state index in [2.05, 4.69) is 6.92 Å². The molecule has 0 aromatic heterocycles. The van der Waals surface area contributed by atoms with Gasteiger partial charge in [-0.1, -0.05) is 25.1 Å². The van der Waals surface area contributed by atoms with Crippen molar-refractivity contribution in [2.24, 2.45) is 0 Å². The van der Waals surface area contributed by atoms with Crippen LogP contribution in [-0.2, 0) is 4.79 Å². The maximum absolute atomic E-state index is 11.2. The molecule has 0 radical (unpaired) electrons. The molecule has 0 fully saturated rings. The lowest BCUT2D eigenvalue weighted by Crippen LogP contribution is -2.40. The Hall–Kier alpha value is -1.51. The molecule has 0 aliphatic rings. The fraction of sp³-hybridized carbons (Fsp3) is 0.500. The highest BCUT2D eigenvalue weighted by Crippen LogP contribution is 2.26. The van der Waals surface area contributed by atoms with Crippen LogP contribution in [0.2, 0.25) is 0 Å². The molecule has 0 saturated carbocycles. The normalized spacial score (nSPS) is 12.2. The van der Waals surface area contributed by atoms with Crippen LogP contribution in [-0.4, -0.2) is 23.7 Å². The van der Waals surface area contributed by atoms with Gasteiger partial charge in [0.2, 0.25) is 0 Å². The van der Waals surface area contributed by atoms with Crippen LogP contribution < -0.4 is 4.90 Å². The standard InChI is InChI=1S/C14H21NO2/c1-5-9-15(12(4)14(16)17)13-10(2)7-6-8-11(13)3/h6-8,12H,5,9H2,1-4H3,(H,16,17)/t12-/m0/s1. The predicted octanol–water partition coefficient (Wildman–Crippen LogP) is 2.99. The molecule has 1 aromatic carbocycles. The summed E-state index contributed by atoms with van der Waals surface area (Å²) in [6.45, 7) is 8.62. The summed E-state index contributed by atoms with van der Waals surface area (Å²) < 4.78 is 0. The van der Waals surface area contributed by atoms with Gasteiger partial charge in [-0.3, -0.25) is 0 Å². The molecular formula is C14H21NO2. The van der Waals surface area contributed by atoms with E-state index in [4.69, 9.17) is 0 Å². The number of hydrogen-bond donors (Lipinski definition) is 1. The number of carboxylic acids is 1. The van der Waals surface area contributed by atoms with Crippen LogP contribution in [0.25, 0.3) is 0 Å². The molecule has 1 atom stereocenters. The van der Waals surface area contributed by atoms with Crippen LogP contribution in [0.1, 0.15) is 31.4 Å². The predicted molar refractivity (Wildman–Crippen MR) is 70.7 cm³/mol. The summed E-state index contributed by atoms with van der Waals surface area (Å²) in [5, 5.41) is 9.18. The van der Waals surface area contributed by atoms with Gasteiger partial charge in [-0.15, -0.1) is 0 Å². The first-order chi connectivity index (χ1) is 7.99. The van der Waals surface area contributed by atoms with Gasteiger partial charge in [0, 0.05) is 12.2 Å². The number of aliphatic carboxylic acids is 1. The zero-order valence-electron chi connectivity index (χ0n) is 11.0. The van der Waals surface area contributed by atoms with E-state index in [9.17, 15) is 9.90 Å². The zero-order valence-corrected chi connectivity index (χ0v) is 11.0. The summed E-state index contributed by atoms with van der Waals surface area (Å²) in [6.07, 6.45) is 0.936. The number of anilines is 1. The fourth-order valence-electron chi connectivity index (χ4n) is 2.13. The molecule has 1 N–H and O–H groups in total. The molecule has 3 nitrogen and oxygen atoms in total. The van der Waals surface area contributed by atoms with Gasteiger partial charge >= 0.3 is 5.97 Å². The smallest absolute Gasteiger partial charge is 0.326 e. The van der Waals surface area contributed by atoms with E-state index < -0.39 is 12.0 Å². The Labute approximate surface area is 103 Å². The SMILES string of the molecule is CCCN(c1c(C)cccc1C)[C@@H](C)C(=O)O. The molecule has 3 heteroatoms. The van der Waals surface area contributed by atoms with Crippen molar-refractivity contribution in [1.29, 1.82) is 0 Å². The lowest BCUT2D eigenvalue weighted by molar-refractivity contribution is -0.138. The van der Waals surface area contributed by atoms with Crippen LogP contribution in [0, 0.1) is 13.8 Å². The number of carbonyl (C=O) groups is 1. The van der Waals surface area contributed by atoms with Crippen molar-refractivity contribution in [3.05, 3.63) is 29.3 Å². The van der Waals surface area contributed by atoms with Crippen LogP contribution in [0.3, 0.4) is 0 Å². The van der Waals surface area contributed by atoms with E-state index in [-0.39, 0.29) is 0 Å². The van der Waals surface area contributed by atoms with Crippen molar-refractivity contribution >= 4 is 11.7 Å². The van der Waals surface area contributed by atoms with E-state index in [1.54, 1.807) is 6.92 Å². The second-order valence-corrected chi connectivity index (χ2v) is 4.45. The van der Waals surface area contributed by atoms with Gasteiger partial charge in [0.1, 0.15) is 6.04 Å². The first kappa shape index (κ1) is 13.6. The Morgan fingerprint density at radius 2 is 1.88 bits per heavy atom. The maximum Gasteiger partial charge on any atom is 0.326 e. The molecule has 0 aliphatic heterocycles. The van der Waals surface area contributed by atoms with Gasteiger partial charge in [-0.25, -0.2) is 4.79 Å². The van der Waals surface area contributed by atoms with Crippen LogP contribution in [0.15, 0.2) is 18.2 Å². The summed E-state index contributed by atoms with van der Waals surface area (Å²) in [6, 6.07) is 5.57. The molecule has 17 heavy (non-hydrogen) atoms. The molecule has 0 aliphatic carbocycles. The van der Waals surface area contributed by atoms with Gasteiger partial charge in [-0.2, -0.15) is 0 Å². The van der Waals surface area contributed by atoms with Crippen molar-refractivity contribution in [1.82, 2.24) is 0 Å². The highest BCUT2D eigenvalue weighted by molar-refractivity contribution is 5.79. The van der Waals surface area contributed by atoms with E-state index >= 15 is 0 Å². The van der Waals surface area contributed by atoms with Crippen LogP contribution in [0.4, 0.5) is 5.69 Å². The molecule has 0 spiro atoms. The van der Waals surface area contributed by atoms with Gasteiger partial charge < -0.3 is 10.0 Å². The zero-order chi connectivity index (χ0) is 13.0. The minimum Gasteiger partial charge on any atom is -0.480 e. The first-order valence-electron chi connectivity index (χ1n) is 6.04. The number of aryl methyl sites for hydroxylation is 2. The van der Waals surface area contributed by atoms with Crippen molar-refractivity contribution in [3.8, 4) is 0 Å². The molecule has 94 valence electrons. The second kappa shape index (κ2) is 5.71. The first-order valence-corrected chi connectivity index (χ1v) is 6.04. The average Bonchev–Trinajstić information content (AvgIpc) is 2.26. The molecule has 0 saturated heterocycles. The third-order valence-corrected chi connectivity index (χ3v) is 3.02. The van der Waals surface area contributed by atoms with Crippen molar-refractivity contribution in [2.45, 2.75) is 40.2 Å². The topological polar surface area (TPSA) is 40.5 Å². The summed E-state index contributed by atoms with van der Waals surface area (Å²) in [7, 11) is 0. The third-order valence-electron chi connectivity index (χ3n) is 3.02. The van der Waals surface area contributed by atoms with Crippen LogP contribution in [0.5, 0.6) is 0 Å². The van der Waals surface area contributed by atoms with Gasteiger partial charge in [-0.05, 0) is 38.3 Å². The summed E-state index contributed by atoms with van der Waals surface area (Å²) in [4.78, 5) is 13.1. The average molecular weight is 235 g/mol. The van der Waals surface area contributed by atoms with Crippen molar-refractivity contribution in [2.75, 3.05) is 11.4 Å². The van der Waals surface area contributed by atoms with Gasteiger partial charge in [0.15, 0.2) is 0 Å². The monoisotopic (exact) mass is 235 g/mol. The minimum absolute atomic E-state index is 0.491. The van der Waals surface area contributed by atoms with Gasteiger partial charge in [0.25, 0.3) is 0 Å². The molecule has 1 aromatic rings. The van der Waals surface area contributed by atoms with E-state index in [0.717, 1.165) is 29.8 Å². The van der Waals surface area contributed by atoms with Gasteiger partial charge in [0.05, 0.1) is 0 Å². The van der Waals surface area contributed by atoms with E-state index in [1.165, 1.54) is 0 Å². The molecule has 0 unspecified atom stereocenters.